The van der Waals surface area contributed by atoms with Gasteiger partial charge in [-0.1, -0.05) is 6.92 Å². The number of fused-ring (bicyclic) bond motifs is 1. The first-order valence-electron chi connectivity index (χ1n) is 7.34. The summed E-state index contributed by atoms with van der Waals surface area (Å²) in [7, 11) is 0. The van der Waals surface area contributed by atoms with Crippen molar-refractivity contribution in [2.45, 2.75) is 57.5 Å². The maximum Gasteiger partial charge on any atom is 0.165 e. The van der Waals surface area contributed by atoms with Crippen LogP contribution < -0.4 is 5.32 Å². The minimum atomic E-state index is 0.594. The highest BCUT2D eigenvalue weighted by molar-refractivity contribution is 5.68. The van der Waals surface area contributed by atoms with Crippen molar-refractivity contribution in [2.75, 3.05) is 5.32 Å². The van der Waals surface area contributed by atoms with Gasteiger partial charge < -0.3 is 9.88 Å². The standard InChI is InChI=1S/C14H19N5/c1-2-7-19-8-15-13(16-10-5-6-10)11-14(19)18-12(17-11)9-3-4-9/h8-10,16H,2-7H2,1H3. The molecule has 0 radical (unpaired) electrons. The maximum absolute atomic E-state index is 4.75. The second kappa shape index (κ2) is 4.18. The van der Waals surface area contributed by atoms with Crippen LogP contribution in [0.1, 0.15) is 50.8 Å². The lowest BCUT2D eigenvalue weighted by Gasteiger charge is -2.12. The quantitative estimate of drug-likeness (QED) is 0.894. The summed E-state index contributed by atoms with van der Waals surface area (Å²) in [6.07, 6.45) is 7.96. The zero-order valence-corrected chi connectivity index (χ0v) is 11.3. The number of aryl methyl sites for hydroxylation is 1. The van der Waals surface area contributed by atoms with Gasteiger partial charge in [0.1, 0.15) is 5.82 Å². The van der Waals surface area contributed by atoms with Crippen molar-refractivity contribution in [2.24, 2.45) is 0 Å². The van der Waals surface area contributed by atoms with Crippen LogP contribution in [-0.4, -0.2) is 25.6 Å². The average molecular weight is 257 g/mol. The summed E-state index contributed by atoms with van der Waals surface area (Å²) in [5.74, 6) is 3.54. The topological polar surface area (TPSA) is 55.6 Å². The summed E-state index contributed by atoms with van der Waals surface area (Å²) in [4.78, 5) is 14.0. The molecule has 2 aliphatic heterocycles. The third-order valence-electron chi connectivity index (χ3n) is 3.81. The van der Waals surface area contributed by atoms with Crippen LogP contribution in [0, 0.1) is 0 Å². The molecule has 1 N–H and O–H groups in total. The first kappa shape index (κ1) is 11.2. The van der Waals surface area contributed by atoms with Crippen molar-refractivity contribution in [3.8, 4) is 11.5 Å². The number of hydrogen-bond acceptors (Lipinski definition) is 4. The molecule has 4 aliphatic rings. The molecule has 100 valence electrons. The van der Waals surface area contributed by atoms with E-state index in [-0.39, 0.29) is 0 Å². The number of imidazole rings is 1. The molecule has 0 aromatic rings. The molecule has 2 aliphatic carbocycles. The Morgan fingerprint density at radius 1 is 1.26 bits per heavy atom. The van der Waals surface area contributed by atoms with Crippen LogP contribution in [0.2, 0.25) is 0 Å². The number of nitrogens with zero attached hydrogens (tertiary/aromatic N) is 4. The molecule has 0 aromatic carbocycles. The Labute approximate surface area is 112 Å². The van der Waals surface area contributed by atoms with Crippen LogP contribution in [0.5, 0.6) is 0 Å². The van der Waals surface area contributed by atoms with E-state index in [4.69, 9.17) is 9.97 Å². The van der Waals surface area contributed by atoms with Gasteiger partial charge in [-0.25, -0.2) is 15.0 Å². The van der Waals surface area contributed by atoms with E-state index in [1.54, 1.807) is 0 Å². The third kappa shape index (κ3) is 2.07. The lowest BCUT2D eigenvalue weighted by atomic mass is 10.3. The Kier molecular flexibility index (Phi) is 2.47. The van der Waals surface area contributed by atoms with Crippen molar-refractivity contribution in [3.63, 3.8) is 0 Å². The molecule has 0 bridgehead atoms. The van der Waals surface area contributed by atoms with Gasteiger partial charge in [-0.15, -0.1) is 0 Å². The summed E-state index contributed by atoms with van der Waals surface area (Å²) >= 11 is 0. The van der Waals surface area contributed by atoms with Crippen LogP contribution in [-0.2, 0) is 6.54 Å². The number of anilines is 1. The smallest absolute Gasteiger partial charge is 0.165 e. The minimum absolute atomic E-state index is 0.594. The summed E-state index contributed by atoms with van der Waals surface area (Å²) in [5, 5.41) is 3.47. The first-order valence-corrected chi connectivity index (χ1v) is 7.34. The average Bonchev–Trinajstić information content (AvgIpc) is 3.32. The third-order valence-corrected chi connectivity index (χ3v) is 3.81. The van der Waals surface area contributed by atoms with Crippen molar-refractivity contribution >= 4 is 5.82 Å². The molecule has 0 spiro atoms. The molecule has 0 unspecified atom stereocenters. The predicted octanol–water partition coefficient (Wildman–Crippen LogP) is 2.64. The molecule has 2 heterocycles. The highest BCUT2D eigenvalue weighted by Crippen LogP contribution is 2.41. The maximum atomic E-state index is 4.75. The Balaban J connectivity index is 1.77. The molecule has 0 atom stereocenters. The number of rotatable bonds is 5. The van der Waals surface area contributed by atoms with Gasteiger partial charge in [0.05, 0.1) is 6.33 Å². The van der Waals surface area contributed by atoms with Gasteiger partial charge in [-0.05, 0) is 32.1 Å². The summed E-state index contributed by atoms with van der Waals surface area (Å²) < 4.78 is 2.13. The van der Waals surface area contributed by atoms with E-state index < -0.39 is 0 Å². The lowest BCUT2D eigenvalue weighted by molar-refractivity contribution is 0.659. The van der Waals surface area contributed by atoms with Gasteiger partial charge in [0, 0.05) is 18.5 Å². The molecule has 2 fully saturated rings. The first-order chi connectivity index (χ1) is 9.35. The molecule has 0 saturated heterocycles. The Morgan fingerprint density at radius 3 is 2.79 bits per heavy atom. The molecular formula is C14H19N5. The SMILES string of the molecule is CCCn1cnc(NC2CC2)c2nc(C3CC3)nc1-2. The van der Waals surface area contributed by atoms with Crippen LogP contribution in [0.3, 0.4) is 0 Å². The summed E-state index contributed by atoms with van der Waals surface area (Å²) in [6, 6.07) is 0.596. The van der Waals surface area contributed by atoms with Crippen LogP contribution in [0.25, 0.3) is 11.5 Å². The summed E-state index contributed by atoms with van der Waals surface area (Å²) in [6.45, 7) is 3.13. The molecule has 2 saturated carbocycles. The molecule has 0 amide bonds. The fourth-order valence-corrected chi connectivity index (χ4v) is 2.41. The minimum Gasteiger partial charge on any atom is -0.365 e. The Hall–Kier alpha value is -1.65. The van der Waals surface area contributed by atoms with Crippen molar-refractivity contribution < 1.29 is 0 Å². The number of aromatic nitrogens is 4. The van der Waals surface area contributed by atoms with Gasteiger partial charge in [0.25, 0.3) is 0 Å². The fraction of sp³-hybridized carbons (Fsp3) is 0.643. The zero-order valence-electron chi connectivity index (χ0n) is 11.3. The van der Waals surface area contributed by atoms with E-state index >= 15 is 0 Å². The van der Waals surface area contributed by atoms with Gasteiger partial charge >= 0.3 is 0 Å². The van der Waals surface area contributed by atoms with Crippen molar-refractivity contribution in [1.82, 2.24) is 19.5 Å². The largest absolute Gasteiger partial charge is 0.365 e. The number of nitrogens with one attached hydrogen (secondary N) is 1. The van der Waals surface area contributed by atoms with Gasteiger partial charge in [0.15, 0.2) is 17.3 Å². The van der Waals surface area contributed by atoms with Gasteiger partial charge in [-0.3, -0.25) is 0 Å². The second-order valence-corrected chi connectivity index (χ2v) is 5.73. The van der Waals surface area contributed by atoms with E-state index in [0.717, 1.165) is 36.1 Å². The Bertz CT molecular complexity index is 568. The van der Waals surface area contributed by atoms with E-state index in [1.807, 2.05) is 6.33 Å². The van der Waals surface area contributed by atoms with E-state index in [1.165, 1.54) is 25.7 Å². The molecule has 4 rings (SSSR count). The van der Waals surface area contributed by atoms with Crippen molar-refractivity contribution in [3.05, 3.63) is 12.2 Å². The van der Waals surface area contributed by atoms with Gasteiger partial charge in [-0.2, -0.15) is 0 Å². The molecule has 5 heteroatoms. The highest BCUT2D eigenvalue weighted by atomic mass is 15.2. The monoisotopic (exact) mass is 257 g/mol. The molecular weight excluding hydrogens is 238 g/mol. The van der Waals surface area contributed by atoms with Gasteiger partial charge in [0.2, 0.25) is 0 Å². The normalized spacial score (nSPS) is 19.0. The highest BCUT2D eigenvalue weighted by Gasteiger charge is 2.32. The lowest BCUT2D eigenvalue weighted by Crippen LogP contribution is -2.11. The van der Waals surface area contributed by atoms with E-state index in [0.29, 0.717) is 12.0 Å². The van der Waals surface area contributed by atoms with Crippen LogP contribution in [0.4, 0.5) is 5.82 Å². The van der Waals surface area contributed by atoms with E-state index in [9.17, 15) is 0 Å². The van der Waals surface area contributed by atoms with Crippen molar-refractivity contribution in [1.29, 1.82) is 0 Å². The van der Waals surface area contributed by atoms with Crippen LogP contribution in [0.15, 0.2) is 6.33 Å². The molecule has 19 heavy (non-hydrogen) atoms. The van der Waals surface area contributed by atoms with E-state index in [2.05, 4.69) is 21.8 Å². The Morgan fingerprint density at radius 2 is 2.11 bits per heavy atom. The molecule has 0 aromatic heterocycles. The summed E-state index contributed by atoms with van der Waals surface area (Å²) in [5.41, 5.74) is 0.963. The second-order valence-electron chi connectivity index (χ2n) is 5.73. The van der Waals surface area contributed by atoms with Crippen LogP contribution >= 0.6 is 0 Å². The number of hydrogen-bond donors (Lipinski definition) is 1. The predicted molar refractivity (Wildman–Crippen MR) is 73.3 cm³/mol. The fourth-order valence-electron chi connectivity index (χ4n) is 2.41. The zero-order chi connectivity index (χ0) is 12.8. The molecule has 5 nitrogen and oxygen atoms in total.